The van der Waals surface area contributed by atoms with E-state index in [0.29, 0.717) is 6.61 Å². The van der Waals surface area contributed by atoms with E-state index in [-0.39, 0.29) is 5.97 Å². The molecule has 1 fully saturated rings. The third-order valence-corrected chi connectivity index (χ3v) is 3.09. The lowest BCUT2D eigenvalue weighted by atomic mass is 10.3. The van der Waals surface area contributed by atoms with E-state index >= 15 is 0 Å². The average molecular weight is 286 g/mol. The molecule has 0 spiro atoms. The summed E-state index contributed by atoms with van der Waals surface area (Å²) in [6, 6.07) is 2.00. The Hall–Kier alpha value is -0.870. The molecule has 4 heteroatoms. The average Bonchev–Trinajstić information content (AvgIpc) is 3.06. The minimum absolute atomic E-state index is 0.243. The molecule has 0 N–H and O–H groups in total. The van der Waals surface area contributed by atoms with Crippen LogP contribution in [0.1, 0.15) is 52.5 Å². The van der Waals surface area contributed by atoms with Crippen LogP contribution in [-0.4, -0.2) is 18.7 Å². The fourth-order valence-corrected chi connectivity index (χ4v) is 1.96. The first-order valence-corrected chi connectivity index (χ1v) is 7.86. The summed E-state index contributed by atoms with van der Waals surface area (Å²) in [5, 5.41) is 4.02. The number of methoxy groups -OCH3 is 1. The predicted molar refractivity (Wildman–Crippen MR) is 80.4 cm³/mol. The molecule has 0 radical (unpaired) electrons. The summed E-state index contributed by atoms with van der Waals surface area (Å²) in [6.45, 7) is 8.75. The molecule has 1 aliphatic rings. The fraction of sp³-hybridized carbons (Fsp3) is 0.667. The molecule has 19 heavy (non-hydrogen) atoms. The van der Waals surface area contributed by atoms with Crippen LogP contribution < -0.4 is 0 Å². The van der Waals surface area contributed by atoms with Crippen molar-refractivity contribution in [3.8, 4) is 0 Å². The van der Waals surface area contributed by atoms with Crippen molar-refractivity contribution in [1.82, 2.24) is 0 Å². The molecule has 1 aromatic rings. The van der Waals surface area contributed by atoms with Crippen molar-refractivity contribution in [2.75, 3.05) is 7.11 Å². The van der Waals surface area contributed by atoms with Crippen molar-refractivity contribution in [2.24, 2.45) is 0 Å². The maximum Gasteiger partial charge on any atom is 0.338 e. The minimum atomic E-state index is -0.628. The summed E-state index contributed by atoms with van der Waals surface area (Å²) in [4.78, 5) is 11.3. The van der Waals surface area contributed by atoms with Gasteiger partial charge >= 0.3 is 5.97 Å². The Labute approximate surface area is 120 Å². The summed E-state index contributed by atoms with van der Waals surface area (Å²) in [5.41, 5.74) is 0.488. The van der Waals surface area contributed by atoms with Crippen LogP contribution in [0.2, 0.25) is 0 Å². The Morgan fingerprint density at radius 3 is 2.32 bits per heavy atom. The second kappa shape index (κ2) is 9.98. The van der Waals surface area contributed by atoms with Gasteiger partial charge in [-0.1, -0.05) is 34.1 Å². The summed E-state index contributed by atoms with van der Waals surface area (Å²) >= 11 is 1.63. The molecule has 3 nitrogen and oxygen atoms in total. The Morgan fingerprint density at radius 1 is 1.37 bits per heavy atom. The zero-order chi connectivity index (χ0) is 14.7. The van der Waals surface area contributed by atoms with Gasteiger partial charge in [0.2, 0.25) is 0 Å². The number of ether oxygens (including phenoxy) is 2. The van der Waals surface area contributed by atoms with Crippen LogP contribution in [0.3, 0.4) is 0 Å². The van der Waals surface area contributed by atoms with Crippen molar-refractivity contribution in [2.45, 2.75) is 59.2 Å². The predicted octanol–water partition coefficient (Wildman–Crippen LogP) is 4.41. The van der Waals surface area contributed by atoms with Crippen LogP contribution in [0.4, 0.5) is 0 Å². The molecular formula is C15H26O3S. The lowest BCUT2D eigenvalue weighted by molar-refractivity contribution is -0.158. The second-order valence-electron chi connectivity index (χ2n) is 4.11. The maximum absolute atomic E-state index is 11.3. The van der Waals surface area contributed by atoms with Gasteiger partial charge in [0.15, 0.2) is 5.60 Å². The van der Waals surface area contributed by atoms with Gasteiger partial charge in [0, 0.05) is 0 Å². The van der Waals surface area contributed by atoms with E-state index in [1.807, 2.05) is 30.7 Å². The van der Waals surface area contributed by atoms with Crippen molar-refractivity contribution in [3.63, 3.8) is 0 Å². The van der Waals surface area contributed by atoms with Gasteiger partial charge in [0.25, 0.3) is 0 Å². The summed E-state index contributed by atoms with van der Waals surface area (Å²) < 4.78 is 10.3. The maximum atomic E-state index is 11.3. The van der Waals surface area contributed by atoms with Crippen molar-refractivity contribution in [1.29, 1.82) is 0 Å². The molecular weight excluding hydrogens is 260 g/mol. The third kappa shape index (κ3) is 6.21. The number of rotatable bonds is 4. The van der Waals surface area contributed by atoms with E-state index in [0.717, 1.165) is 18.4 Å². The summed E-state index contributed by atoms with van der Waals surface area (Å²) in [7, 11) is 1.40. The van der Waals surface area contributed by atoms with Gasteiger partial charge in [-0.05, 0) is 35.2 Å². The number of thiophene rings is 1. The number of hydrogen-bond donors (Lipinski definition) is 0. The summed E-state index contributed by atoms with van der Waals surface area (Å²) in [6.07, 6.45) is 2.81. The molecule has 0 amide bonds. The first-order chi connectivity index (χ1) is 9.18. The highest BCUT2D eigenvalue weighted by atomic mass is 32.1. The second-order valence-corrected chi connectivity index (χ2v) is 4.89. The van der Waals surface area contributed by atoms with Gasteiger partial charge < -0.3 is 9.47 Å². The lowest BCUT2D eigenvalue weighted by Gasteiger charge is -2.12. The van der Waals surface area contributed by atoms with Crippen LogP contribution in [0.5, 0.6) is 0 Å². The van der Waals surface area contributed by atoms with E-state index in [1.54, 1.807) is 11.3 Å². The Kier molecular flexibility index (Phi) is 9.53. The zero-order valence-corrected chi connectivity index (χ0v) is 13.5. The molecule has 0 aromatic carbocycles. The zero-order valence-electron chi connectivity index (χ0n) is 12.7. The molecule has 2 rings (SSSR count). The normalized spacial score (nSPS) is 14.4. The SMILES string of the molecule is CC.CCC.COC(=O)C1(OCc2ccsc2)CC1. The van der Waals surface area contributed by atoms with Crippen LogP contribution in [0.25, 0.3) is 0 Å². The van der Waals surface area contributed by atoms with E-state index in [4.69, 9.17) is 4.74 Å². The molecule has 0 unspecified atom stereocenters. The van der Waals surface area contributed by atoms with Crippen molar-refractivity contribution < 1.29 is 14.3 Å². The smallest absolute Gasteiger partial charge is 0.338 e. The lowest BCUT2D eigenvalue weighted by Crippen LogP contribution is -2.27. The number of carbonyl (C=O) groups is 1. The first-order valence-electron chi connectivity index (χ1n) is 6.92. The highest BCUT2D eigenvalue weighted by Crippen LogP contribution is 2.41. The van der Waals surface area contributed by atoms with Gasteiger partial charge in [0.1, 0.15) is 0 Å². The molecule has 0 atom stereocenters. The first kappa shape index (κ1) is 18.1. The Balaban J connectivity index is 0.000000573. The highest BCUT2D eigenvalue weighted by Gasteiger charge is 2.52. The van der Waals surface area contributed by atoms with Gasteiger partial charge in [-0.3, -0.25) is 0 Å². The van der Waals surface area contributed by atoms with Crippen LogP contribution >= 0.6 is 11.3 Å². The third-order valence-electron chi connectivity index (χ3n) is 2.36. The molecule has 1 saturated carbocycles. The molecule has 1 heterocycles. The molecule has 1 aromatic heterocycles. The molecule has 0 aliphatic heterocycles. The highest BCUT2D eigenvalue weighted by molar-refractivity contribution is 7.07. The van der Waals surface area contributed by atoms with E-state index in [1.165, 1.54) is 13.5 Å². The Bertz CT molecular complexity index is 329. The van der Waals surface area contributed by atoms with Gasteiger partial charge in [0.05, 0.1) is 13.7 Å². The topological polar surface area (TPSA) is 35.5 Å². The Morgan fingerprint density at radius 2 is 1.95 bits per heavy atom. The number of carbonyl (C=O) groups excluding carboxylic acids is 1. The van der Waals surface area contributed by atoms with Crippen molar-refractivity contribution in [3.05, 3.63) is 22.4 Å². The molecule has 110 valence electrons. The molecule has 1 aliphatic carbocycles. The standard InChI is InChI=1S/C10H12O3S.C3H8.C2H6/c1-12-9(11)10(3-4-10)13-6-8-2-5-14-7-8;1-3-2;1-2/h2,5,7H,3-4,6H2,1H3;3H2,1-2H3;1-2H3. The molecule has 0 bridgehead atoms. The largest absolute Gasteiger partial charge is 0.467 e. The molecule has 0 saturated heterocycles. The van der Waals surface area contributed by atoms with E-state index in [2.05, 4.69) is 18.6 Å². The quantitative estimate of drug-likeness (QED) is 0.769. The van der Waals surface area contributed by atoms with Crippen molar-refractivity contribution >= 4 is 17.3 Å². The summed E-state index contributed by atoms with van der Waals surface area (Å²) in [5.74, 6) is -0.243. The fourth-order valence-electron chi connectivity index (χ4n) is 1.30. The van der Waals surface area contributed by atoms with Crippen LogP contribution in [-0.2, 0) is 20.9 Å². The monoisotopic (exact) mass is 286 g/mol. The minimum Gasteiger partial charge on any atom is -0.467 e. The van der Waals surface area contributed by atoms with E-state index < -0.39 is 5.60 Å². The van der Waals surface area contributed by atoms with Gasteiger partial charge in [-0.25, -0.2) is 4.79 Å². The number of esters is 1. The number of hydrogen-bond acceptors (Lipinski definition) is 4. The van der Waals surface area contributed by atoms with Crippen LogP contribution in [0.15, 0.2) is 16.8 Å². The van der Waals surface area contributed by atoms with Gasteiger partial charge in [-0.2, -0.15) is 11.3 Å². The van der Waals surface area contributed by atoms with Crippen LogP contribution in [0, 0.1) is 0 Å². The van der Waals surface area contributed by atoms with E-state index in [9.17, 15) is 4.79 Å². The van der Waals surface area contributed by atoms with Gasteiger partial charge in [-0.15, -0.1) is 0 Å².